The molecule has 0 amide bonds. The molecule has 1 heterocycles. The van der Waals surface area contributed by atoms with Crippen LogP contribution in [0, 0.1) is 0 Å². The Bertz CT molecular complexity index is 537. The zero-order valence-electron chi connectivity index (χ0n) is 10.9. The molecule has 0 aliphatic heterocycles. The lowest BCUT2D eigenvalue weighted by Crippen LogP contribution is -2.44. The average Bonchev–Trinajstić information content (AvgIpc) is 2.86. The van der Waals surface area contributed by atoms with Crippen molar-refractivity contribution in [3.05, 3.63) is 12.0 Å². The Morgan fingerprint density at radius 2 is 2.32 bits per heavy atom. The summed E-state index contributed by atoms with van der Waals surface area (Å²) in [5.41, 5.74) is 5.47. The number of imidazole rings is 1. The van der Waals surface area contributed by atoms with Crippen LogP contribution in [0.4, 0.5) is 0 Å². The summed E-state index contributed by atoms with van der Waals surface area (Å²) in [4.78, 5) is 6.64. The molecule has 5 N–H and O–H groups in total. The van der Waals surface area contributed by atoms with E-state index in [1.165, 1.54) is 6.20 Å². The second kappa shape index (κ2) is 6.53. The largest absolute Gasteiger partial charge is 0.409 e. The molecule has 19 heavy (non-hydrogen) atoms. The van der Waals surface area contributed by atoms with Gasteiger partial charge in [-0.1, -0.05) is 25.4 Å². The van der Waals surface area contributed by atoms with Crippen molar-refractivity contribution in [1.29, 1.82) is 0 Å². The number of nitrogens with one attached hydrogen (secondary N) is 2. The van der Waals surface area contributed by atoms with E-state index < -0.39 is 16.1 Å². The Kier molecular flexibility index (Phi) is 5.31. The van der Waals surface area contributed by atoms with Gasteiger partial charge in [0.15, 0.2) is 10.9 Å². The summed E-state index contributed by atoms with van der Waals surface area (Å²) in [6.45, 7) is 3.73. The molecule has 0 radical (unpaired) electrons. The summed E-state index contributed by atoms with van der Waals surface area (Å²) in [6.07, 6.45) is 2.97. The number of hydrogen-bond donors (Lipinski definition) is 4. The van der Waals surface area contributed by atoms with E-state index in [0.29, 0.717) is 25.1 Å². The molecule has 0 saturated carbocycles. The lowest BCUT2D eigenvalue weighted by Gasteiger charge is -2.15. The fourth-order valence-electron chi connectivity index (χ4n) is 1.54. The van der Waals surface area contributed by atoms with Crippen molar-refractivity contribution in [2.45, 2.75) is 44.2 Å². The lowest BCUT2D eigenvalue weighted by atomic mass is 10.2. The van der Waals surface area contributed by atoms with Gasteiger partial charge in [0.1, 0.15) is 5.82 Å². The molecular formula is C10H19N5O3S. The number of amidine groups is 1. The molecule has 0 saturated heterocycles. The number of aryl methyl sites for hydroxylation is 1. The van der Waals surface area contributed by atoms with E-state index >= 15 is 0 Å². The van der Waals surface area contributed by atoms with Crippen LogP contribution in [0.3, 0.4) is 0 Å². The van der Waals surface area contributed by atoms with Crippen LogP contribution in [-0.2, 0) is 16.4 Å². The standard InChI is InChI=1S/C10H19N5O3S/c1-3-5-7(10(11)14-16)15-19(17,18)9-6-12-8(4-2)13-9/h6-7,15-16H,3-5H2,1-2H3,(H2,11,14)(H,12,13). The third kappa shape index (κ3) is 3.93. The van der Waals surface area contributed by atoms with Crippen molar-refractivity contribution in [2.24, 2.45) is 10.9 Å². The molecule has 0 fully saturated rings. The molecule has 8 nitrogen and oxygen atoms in total. The number of rotatable bonds is 7. The predicted molar refractivity (Wildman–Crippen MR) is 70.4 cm³/mol. The topological polar surface area (TPSA) is 133 Å². The first-order valence-corrected chi connectivity index (χ1v) is 7.46. The molecule has 1 atom stereocenters. The zero-order chi connectivity index (χ0) is 14.5. The molecule has 1 unspecified atom stereocenters. The molecule has 0 aromatic carbocycles. The fourth-order valence-corrected chi connectivity index (χ4v) is 2.72. The third-order valence-corrected chi connectivity index (χ3v) is 3.96. The summed E-state index contributed by atoms with van der Waals surface area (Å²) in [6, 6.07) is -0.742. The molecule has 0 bridgehead atoms. The van der Waals surface area contributed by atoms with Crippen LogP contribution in [0.25, 0.3) is 0 Å². The highest BCUT2D eigenvalue weighted by Crippen LogP contribution is 2.08. The molecule has 9 heteroatoms. The monoisotopic (exact) mass is 289 g/mol. The van der Waals surface area contributed by atoms with Gasteiger partial charge in [-0.3, -0.25) is 0 Å². The van der Waals surface area contributed by atoms with Gasteiger partial charge >= 0.3 is 0 Å². The molecule has 1 rings (SSSR count). The summed E-state index contributed by atoms with van der Waals surface area (Å²) in [5, 5.41) is 11.5. The van der Waals surface area contributed by atoms with E-state index in [2.05, 4.69) is 19.8 Å². The van der Waals surface area contributed by atoms with Gasteiger partial charge in [-0.2, -0.15) is 4.72 Å². The summed E-state index contributed by atoms with van der Waals surface area (Å²) < 4.78 is 26.6. The zero-order valence-corrected chi connectivity index (χ0v) is 11.7. The van der Waals surface area contributed by atoms with Crippen molar-refractivity contribution in [3.8, 4) is 0 Å². The number of H-pyrrole nitrogens is 1. The quantitative estimate of drug-likeness (QED) is 0.246. The number of nitrogens with zero attached hydrogens (tertiary/aromatic N) is 2. The summed E-state index contributed by atoms with van der Waals surface area (Å²) in [7, 11) is -3.77. The van der Waals surface area contributed by atoms with E-state index in [9.17, 15) is 8.42 Å². The van der Waals surface area contributed by atoms with Gasteiger partial charge in [-0.25, -0.2) is 13.4 Å². The molecule has 1 aromatic rings. The molecule has 108 valence electrons. The Hall–Kier alpha value is -1.61. The van der Waals surface area contributed by atoms with E-state index in [0.717, 1.165) is 0 Å². The smallest absolute Gasteiger partial charge is 0.258 e. The van der Waals surface area contributed by atoms with Crippen LogP contribution in [0.15, 0.2) is 16.4 Å². The fraction of sp³-hybridized carbons (Fsp3) is 0.600. The molecule has 0 spiro atoms. The maximum Gasteiger partial charge on any atom is 0.258 e. The number of sulfonamides is 1. The Morgan fingerprint density at radius 1 is 1.63 bits per heavy atom. The second-order valence-electron chi connectivity index (χ2n) is 4.04. The minimum Gasteiger partial charge on any atom is -0.409 e. The third-order valence-electron chi connectivity index (χ3n) is 2.58. The van der Waals surface area contributed by atoms with Gasteiger partial charge < -0.3 is 15.9 Å². The minimum atomic E-state index is -3.77. The summed E-state index contributed by atoms with van der Waals surface area (Å²) >= 11 is 0. The Labute approximate surface area is 112 Å². The van der Waals surface area contributed by atoms with Gasteiger partial charge in [-0.15, -0.1) is 0 Å². The first-order valence-electron chi connectivity index (χ1n) is 5.98. The second-order valence-corrected chi connectivity index (χ2v) is 5.72. The predicted octanol–water partition coefficient (Wildman–Crippen LogP) is 0.166. The van der Waals surface area contributed by atoms with Crippen molar-refractivity contribution in [3.63, 3.8) is 0 Å². The van der Waals surface area contributed by atoms with Crippen LogP contribution < -0.4 is 10.5 Å². The number of nitrogens with two attached hydrogens (primary N) is 1. The van der Waals surface area contributed by atoms with Gasteiger partial charge in [0.2, 0.25) is 0 Å². The molecule has 0 aliphatic carbocycles. The van der Waals surface area contributed by atoms with Gasteiger partial charge in [0, 0.05) is 6.42 Å². The maximum atomic E-state index is 12.1. The van der Waals surface area contributed by atoms with E-state index in [-0.39, 0.29) is 10.9 Å². The molecule has 1 aromatic heterocycles. The lowest BCUT2D eigenvalue weighted by molar-refractivity contribution is 0.315. The van der Waals surface area contributed by atoms with E-state index in [1.807, 2.05) is 13.8 Å². The van der Waals surface area contributed by atoms with Crippen molar-refractivity contribution in [1.82, 2.24) is 14.7 Å². The Balaban J connectivity index is 2.93. The first-order chi connectivity index (χ1) is 8.94. The van der Waals surface area contributed by atoms with Crippen LogP contribution in [0.5, 0.6) is 0 Å². The highest BCUT2D eigenvalue weighted by Gasteiger charge is 2.24. The van der Waals surface area contributed by atoms with Crippen LogP contribution in [0.1, 0.15) is 32.5 Å². The van der Waals surface area contributed by atoms with E-state index in [1.54, 1.807) is 0 Å². The first kappa shape index (κ1) is 15.4. The number of hydrogen-bond acceptors (Lipinski definition) is 5. The van der Waals surface area contributed by atoms with Gasteiger partial charge in [0.05, 0.1) is 12.2 Å². The number of oxime groups is 1. The minimum absolute atomic E-state index is 0.0313. The number of aromatic nitrogens is 2. The average molecular weight is 289 g/mol. The Morgan fingerprint density at radius 3 is 2.79 bits per heavy atom. The number of aromatic amines is 1. The summed E-state index contributed by atoms with van der Waals surface area (Å²) in [5.74, 6) is 0.414. The van der Waals surface area contributed by atoms with Crippen LogP contribution >= 0.6 is 0 Å². The van der Waals surface area contributed by atoms with Crippen LogP contribution in [0.2, 0.25) is 0 Å². The molecule has 0 aliphatic rings. The van der Waals surface area contributed by atoms with Crippen molar-refractivity contribution >= 4 is 15.9 Å². The maximum absolute atomic E-state index is 12.1. The van der Waals surface area contributed by atoms with Gasteiger partial charge in [-0.05, 0) is 6.42 Å². The van der Waals surface area contributed by atoms with Crippen molar-refractivity contribution < 1.29 is 13.6 Å². The van der Waals surface area contributed by atoms with E-state index in [4.69, 9.17) is 10.9 Å². The normalized spacial score (nSPS) is 14.5. The van der Waals surface area contributed by atoms with Gasteiger partial charge in [0.25, 0.3) is 10.0 Å². The van der Waals surface area contributed by atoms with Crippen molar-refractivity contribution in [2.75, 3.05) is 0 Å². The highest BCUT2D eigenvalue weighted by atomic mass is 32.2. The SMILES string of the molecule is CCCC(NS(=O)(=O)c1cnc(CC)[nH]1)C(N)=NO. The highest BCUT2D eigenvalue weighted by molar-refractivity contribution is 7.89. The van der Waals surface area contributed by atoms with Crippen LogP contribution in [-0.4, -0.2) is 35.5 Å². The molecular weight excluding hydrogens is 270 g/mol.